The van der Waals surface area contributed by atoms with Gasteiger partial charge in [0.2, 0.25) is 0 Å². The summed E-state index contributed by atoms with van der Waals surface area (Å²) in [5, 5.41) is 5.75. The number of nitrogens with zero attached hydrogens (tertiary/aromatic N) is 3. The molecule has 1 aliphatic rings. The number of nitrogens with one attached hydrogen (secondary N) is 2. The molecule has 0 atom stereocenters. The Morgan fingerprint density at radius 3 is 2.33 bits per heavy atom. The lowest BCUT2D eigenvalue weighted by Crippen LogP contribution is -2.32. The Morgan fingerprint density at radius 1 is 1.11 bits per heavy atom. The van der Waals surface area contributed by atoms with Crippen LogP contribution in [0.3, 0.4) is 0 Å². The van der Waals surface area contributed by atoms with Crippen LogP contribution in [0.25, 0.3) is 11.0 Å². The zero-order valence-electron chi connectivity index (χ0n) is 16.4. The molecule has 2 aromatic rings. The van der Waals surface area contributed by atoms with Crippen LogP contribution >= 0.6 is 0 Å². The first kappa shape index (κ1) is 19.3. The quantitative estimate of drug-likeness (QED) is 0.727. The van der Waals surface area contributed by atoms with Crippen molar-refractivity contribution in [3.63, 3.8) is 0 Å². The van der Waals surface area contributed by atoms with Crippen LogP contribution in [0.1, 0.15) is 26.7 Å². The van der Waals surface area contributed by atoms with Crippen molar-refractivity contribution in [2.24, 2.45) is 0 Å². The third kappa shape index (κ3) is 3.80. The fourth-order valence-electron chi connectivity index (χ4n) is 3.71. The monoisotopic (exact) mass is 375 g/mol. The van der Waals surface area contributed by atoms with E-state index in [0.717, 1.165) is 48.3 Å². The van der Waals surface area contributed by atoms with Gasteiger partial charge in [0.25, 0.3) is 0 Å². The summed E-state index contributed by atoms with van der Waals surface area (Å²) in [6, 6.07) is 3.70. The van der Waals surface area contributed by atoms with E-state index in [1.807, 2.05) is 26.0 Å². The molecule has 2 amide bonds. The highest BCUT2D eigenvalue weighted by Gasteiger charge is 2.21. The molecule has 0 radical (unpaired) electrons. The van der Waals surface area contributed by atoms with Gasteiger partial charge in [0.1, 0.15) is 0 Å². The SMILES string of the molecule is CCn1c(=O)n(CC)c2cc(N3CCCC3)c(NC(=O)NCCOC)cc21. The van der Waals surface area contributed by atoms with Gasteiger partial charge in [-0.05, 0) is 38.8 Å². The summed E-state index contributed by atoms with van der Waals surface area (Å²) in [6.07, 6.45) is 2.27. The van der Waals surface area contributed by atoms with Crippen LogP contribution in [0, 0.1) is 0 Å². The fraction of sp³-hybridized carbons (Fsp3) is 0.579. The van der Waals surface area contributed by atoms with Gasteiger partial charge in [0.05, 0.1) is 29.0 Å². The van der Waals surface area contributed by atoms with Crippen LogP contribution in [0.2, 0.25) is 0 Å². The summed E-state index contributed by atoms with van der Waals surface area (Å²) >= 11 is 0. The predicted molar refractivity (Wildman–Crippen MR) is 108 cm³/mol. The second kappa shape index (κ2) is 8.47. The smallest absolute Gasteiger partial charge is 0.329 e. The number of imidazole rings is 1. The van der Waals surface area contributed by atoms with Crippen LogP contribution in [0.4, 0.5) is 16.2 Å². The molecule has 2 heterocycles. The molecule has 1 aromatic heterocycles. The molecule has 0 bridgehead atoms. The van der Waals surface area contributed by atoms with Crippen LogP contribution in [0.15, 0.2) is 16.9 Å². The van der Waals surface area contributed by atoms with E-state index < -0.39 is 0 Å². The van der Waals surface area contributed by atoms with E-state index >= 15 is 0 Å². The van der Waals surface area contributed by atoms with E-state index in [9.17, 15) is 9.59 Å². The number of amides is 2. The van der Waals surface area contributed by atoms with Crippen LogP contribution < -0.4 is 21.2 Å². The Bertz CT molecular complexity index is 864. The van der Waals surface area contributed by atoms with E-state index in [4.69, 9.17) is 4.74 Å². The molecule has 1 aromatic carbocycles. The van der Waals surface area contributed by atoms with Crippen molar-refractivity contribution >= 4 is 28.4 Å². The van der Waals surface area contributed by atoms with E-state index in [1.165, 1.54) is 0 Å². The second-order valence-corrected chi connectivity index (χ2v) is 6.70. The summed E-state index contributed by atoms with van der Waals surface area (Å²) in [6.45, 7) is 7.95. The largest absolute Gasteiger partial charge is 0.383 e. The summed E-state index contributed by atoms with van der Waals surface area (Å²) in [5.41, 5.74) is 3.45. The summed E-state index contributed by atoms with van der Waals surface area (Å²) < 4.78 is 8.52. The zero-order chi connectivity index (χ0) is 19.4. The topological polar surface area (TPSA) is 80.5 Å². The number of aryl methyl sites for hydroxylation is 2. The highest BCUT2D eigenvalue weighted by molar-refractivity contribution is 5.98. The Labute approximate surface area is 159 Å². The molecule has 1 saturated heterocycles. The van der Waals surface area contributed by atoms with E-state index in [-0.39, 0.29) is 11.7 Å². The average molecular weight is 375 g/mol. The molecule has 0 aliphatic carbocycles. The maximum absolute atomic E-state index is 12.7. The Hall–Kier alpha value is -2.48. The third-order valence-corrected chi connectivity index (χ3v) is 5.06. The Morgan fingerprint density at radius 2 is 1.74 bits per heavy atom. The second-order valence-electron chi connectivity index (χ2n) is 6.70. The minimum atomic E-state index is -0.271. The van der Waals surface area contributed by atoms with Gasteiger partial charge >= 0.3 is 11.7 Å². The van der Waals surface area contributed by atoms with Gasteiger partial charge in [-0.15, -0.1) is 0 Å². The molecule has 0 spiro atoms. The molecule has 8 nitrogen and oxygen atoms in total. The molecule has 1 aliphatic heterocycles. The van der Waals surface area contributed by atoms with E-state index in [2.05, 4.69) is 15.5 Å². The van der Waals surface area contributed by atoms with Crippen molar-refractivity contribution in [3.8, 4) is 0 Å². The van der Waals surface area contributed by atoms with Crippen molar-refractivity contribution in [1.82, 2.24) is 14.5 Å². The van der Waals surface area contributed by atoms with E-state index in [0.29, 0.717) is 26.2 Å². The number of carbonyl (C=O) groups excluding carboxylic acids is 1. The zero-order valence-corrected chi connectivity index (χ0v) is 16.4. The molecule has 3 rings (SSSR count). The minimum Gasteiger partial charge on any atom is -0.383 e. The molecule has 1 fully saturated rings. The highest BCUT2D eigenvalue weighted by Crippen LogP contribution is 2.33. The molecule has 0 unspecified atom stereocenters. The molecule has 8 heteroatoms. The third-order valence-electron chi connectivity index (χ3n) is 5.06. The first-order valence-electron chi connectivity index (χ1n) is 9.66. The van der Waals surface area contributed by atoms with Gasteiger partial charge in [-0.3, -0.25) is 9.13 Å². The van der Waals surface area contributed by atoms with Gasteiger partial charge in [-0.1, -0.05) is 0 Å². The number of rotatable bonds is 7. The minimum absolute atomic E-state index is 0.0101. The number of urea groups is 1. The number of carbonyl (C=O) groups is 1. The number of hydrogen-bond acceptors (Lipinski definition) is 4. The number of fused-ring (bicyclic) bond motifs is 1. The lowest BCUT2D eigenvalue weighted by atomic mass is 10.2. The van der Waals surface area contributed by atoms with Crippen LogP contribution in [-0.4, -0.2) is 48.5 Å². The Kier molecular flexibility index (Phi) is 6.05. The summed E-state index contributed by atoms with van der Waals surface area (Å²) in [5.74, 6) is 0. The molecular weight excluding hydrogens is 346 g/mol. The highest BCUT2D eigenvalue weighted by atomic mass is 16.5. The van der Waals surface area contributed by atoms with E-state index in [1.54, 1.807) is 16.2 Å². The van der Waals surface area contributed by atoms with Crippen molar-refractivity contribution < 1.29 is 9.53 Å². The first-order chi connectivity index (χ1) is 13.1. The van der Waals surface area contributed by atoms with Crippen LogP contribution in [0.5, 0.6) is 0 Å². The van der Waals surface area contributed by atoms with Crippen molar-refractivity contribution in [2.75, 3.05) is 43.6 Å². The van der Waals surface area contributed by atoms with Gasteiger partial charge in [-0.2, -0.15) is 0 Å². The number of benzene rings is 1. The van der Waals surface area contributed by atoms with Crippen molar-refractivity contribution in [1.29, 1.82) is 0 Å². The molecule has 27 heavy (non-hydrogen) atoms. The standard InChI is InChI=1S/C19H29N5O3/c1-4-23-16-12-14(21-18(25)20-8-11-27-3)15(22-9-6-7-10-22)13-17(16)24(5-2)19(23)26/h12-13H,4-11H2,1-3H3,(H2,20,21,25). The van der Waals surface area contributed by atoms with Gasteiger partial charge in [0, 0.05) is 39.8 Å². The summed E-state index contributed by atoms with van der Waals surface area (Å²) in [4.78, 5) is 27.3. The predicted octanol–water partition coefficient (Wildman–Crippen LogP) is 2.21. The number of ether oxygens (including phenoxy) is 1. The lowest BCUT2D eigenvalue weighted by molar-refractivity contribution is 0.198. The van der Waals surface area contributed by atoms with Gasteiger partial charge < -0.3 is 20.3 Å². The Balaban J connectivity index is 2.04. The number of anilines is 2. The number of hydrogen-bond donors (Lipinski definition) is 2. The molecule has 2 N–H and O–H groups in total. The molecule has 0 saturated carbocycles. The molecular formula is C19H29N5O3. The first-order valence-corrected chi connectivity index (χ1v) is 9.66. The summed E-state index contributed by atoms with van der Waals surface area (Å²) in [7, 11) is 1.60. The lowest BCUT2D eigenvalue weighted by Gasteiger charge is -2.22. The maximum atomic E-state index is 12.7. The fourth-order valence-corrected chi connectivity index (χ4v) is 3.71. The van der Waals surface area contributed by atoms with Crippen molar-refractivity contribution in [3.05, 3.63) is 22.6 Å². The van der Waals surface area contributed by atoms with Crippen LogP contribution in [-0.2, 0) is 17.8 Å². The van der Waals surface area contributed by atoms with Gasteiger partial charge in [0.15, 0.2) is 0 Å². The number of aromatic nitrogens is 2. The number of methoxy groups -OCH3 is 1. The molecule has 148 valence electrons. The maximum Gasteiger partial charge on any atom is 0.329 e. The average Bonchev–Trinajstić information content (AvgIpc) is 3.26. The van der Waals surface area contributed by atoms with Crippen molar-refractivity contribution in [2.45, 2.75) is 39.8 Å². The normalized spacial score (nSPS) is 14.1. The van der Waals surface area contributed by atoms with Gasteiger partial charge in [-0.25, -0.2) is 9.59 Å².